The molecule has 2 amide bonds. The number of hydrogen-bond acceptors (Lipinski definition) is 6. The monoisotopic (exact) mass is 425 g/mol. The molecule has 0 aliphatic carbocycles. The molecule has 0 fully saturated rings. The lowest BCUT2D eigenvalue weighted by Gasteiger charge is -2.07. The number of amides is 2. The Balaban J connectivity index is 1.43. The predicted octanol–water partition coefficient (Wildman–Crippen LogP) is 2.40. The van der Waals surface area contributed by atoms with Gasteiger partial charge in [0.1, 0.15) is 6.26 Å². The van der Waals surface area contributed by atoms with E-state index in [0.717, 1.165) is 16.0 Å². The summed E-state index contributed by atoms with van der Waals surface area (Å²) < 4.78 is 33.1. The quantitative estimate of drug-likeness (QED) is 0.608. The van der Waals surface area contributed by atoms with Crippen LogP contribution in [0.4, 0.5) is 0 Å². The van der Waals surface area contributed by atoms with Crippen molar-refractivity contribution in [3.8, 4) is 11.5 Å². The molecule has 0 bridgehead atoms. The van der Waals surface area contributed by atoms with Gasteiger partial charge in [-0.2, -0.15) is 0 Å². The maximum atomic E-state index is 12.6. The van der Waals surface area contributed by atoms with Crippen molar-refractivity contribution < 1.29 is 22.4 Å². The van der Waals surface area contributed by atoms with Crippen molar-refractivity contribution in [2.24, 2.45) is 0 Å². The molecule has 0 saturated heterocycles. The molecule has 0 unspecified atom stereocenters. The Morgan fingerprint density at radius 1 is 1.03 bits per heavy atom. The lowest BCUT2D eigenvalue weighted by Crippen LogP contribution is -2.26. The Bertz CT molecular complexity index is 1250. The fourth-order valence-corrected chi connectivity index (χ4v) is 4.21. The summed E-state index contributed by atoms with van der Waals surface area (Å²) in [6, 6.07) is 11.6. The molecular weight excluding hydrogens is 406 g/mol. The Morgan fingerprint density at radius 2 is 1.73 bits per heavy atom. The zero-order valence-electron chi connectivity index (χ0n) is 16.4. The molecule has 1 N–H and O–H groups in total. The average molecular weight is 425 g/mol. The molecule has 0 spiro atoms. The molecule has 0 saturated carbocycles. The number of fused-ring (bicyclic) bond motifs is 1. The molecule has 3 aromatic rings. The Kier molecular flexibility index (Phi) is 5.00. The van der Waals surface area contributed by atoms with Crippen LogP contribution in [0.2, 0.25) is 0 Å². The van der Waals surface area contributed by atoms with Crippen LogP contribution in [-0.2, 0) is 16.4 Å². The van der Waals surface area contributed by atoms with Gasteiger partial charge in [-0.3, -0.25) is 14.5 Å². The predicted molar refractivity (Wildman–Crippen MR) is 108 cm³/mol. The van der Waals surface area contributed by atoms with E-state index in [1.54, 1.807) is 0 Å². The van der Waals surface area contributed by atoms with Crippen molar-refractivity contribution in [2.45, 2.75) is 18.2 Å². The maximum absolute atomic E-state index is 12.6. The second-order valence-corrected chi connectivity index (χ2v) is 8.80. The molecule has 2 heterocycles. The van der Waals surface area contributed by atoms with Crippen LogP contribution in [0.15, 0.2) is 58.0 Å². The molecule has 0 radical (unpaired) electrons. The van der Waals surface area contributed by atoms with E-state index in [-0.39, 0.29) is 22.6 Å². The lowest BCUT2D eigenvalue weighted by molar-refractivity contribution is 0.0693. The highest BCUT2D eigenvalue weighted by Gasteiger charge is 2.33. The maximum Gasteiger partial charge on any atom is 0.261 e. The smallest absolute Gasteiger partial charge is 0.261 e. The summed E-state index contributed by atoms with van der Waals surface area (Å²) in [4.78, 5) is 29.3. The zero-order chi connectivity index (χ0) is 21.5. The molecule has 2 aromatic carbocycles. The summed E-state index contributed by atoms with van der Waals surface area (Å²) in [6.07, 6.45) is 1.83. The summed E-state index contributed by atoms with van der Waals surface area (Å²) in [5.41, 5.74) is 2.88. The first-order valence-corrected chi connectivity index (χ1v) is 10.7. The molecule has 0 atom stereocenters. The van der Waals surface area contributed by atoms with Gasteiger partial charge in [-0.25, -0.2) is 18.1 Å². The minimum Gasteiger partial charge on any atom is -0.444 e. The number of carbonyl (C=O) groups excluding carboxylic acids is 2. The van der Waals surface area contributed by atoms with Gasteiger partial charge >= 0.3 is 0 Å². The third kappa shape index (κ3) is 3.64. The SMILES string of the molecule is Cc1ccc(-c2nc(CCNS(=O)(=O)c3ccc4c(c3)C(=O)N(C)C4=O)co2)cc1. The van der Waals surface area contributed by atoms with Gasteiger partial charge < -0.3 is 4.42 Å². The van der Waals surface area contributed by atoms with Gasteiger partial charge in [-0.05, 0) is 37.3 Å². The zero-order valence-corrected chi connectivity index (χ0v) is 17.2. The van der Waals surface area contributed by atoms with Gasteiger partial charge in [-0.15, -0.1) is 0 Å². The molecule has 4 rings (SSSR count). The van der Waals surface area contributed by atoms with Crippen LogP contribution >= 0.6 is 0 Å². The van der Waals surface area contributed by atoms with Crippen molar-refractivity contribution in [1.82, 2.24) is 14.6 Å². The van der Waals surface area contributed by atoms with Crippen molar-refractivity contribution in [1.29, 1.82) is 0 Å². The third-order valence-corrected chi connectivity index (χ3v) is 6.35. The van der Waals surface area contributed by atoms with Crippen LogP contribution in [-0.4, -0.2) is 43.7 Å². The largest absolute Gasteiger partial charge is 0.444 e. The van der Waals surface area contributed by atoms with E-state index in [4.69, 9.17) is 4.42 Å². The third-order valence-electron chi connectivity index (χ3n) is 4.89. The van der Waals surface area contributed by atoms with E-state index < -0.39 is 21.8 Å². The van der Waals surface area contributed by atoms with E-state index in [1.165, 1.54) is 31.5 Å². The van der Waals surface area contributed by atoms with Crippen molar-refractivity contribution in [3.05, 3.63) is 71.1 Å². The topological polar surface area (TPSA) is 110 Å². The molecule has 8 nitrogen and oxygen atoms in total. The summed E-state index contributed by atoms with van der Waals surface area (Å²) in [6.45, 7) is 2.09. The van der Waals surface area contributed by atoms with Gasteiger partial charge in [0.2, 0.25) is 15.9 Å². The molecule has 154 valence electrons. The molecule has 1 aromatic heterocycles. The number of oxazole rings is 1. The van der Waals surface area contributed by atoms with Gasteiger partial charge in [0.15, 0.2) is 0 Å². The van der Waals surface area contributed by atoms with Crippen LogP contribution in [0.1, 0.15) is 32.0 Å². The number of aromatic nitrogens is 1. The van der Waals surface area contributed by atoms with Gasteiger partial charge in [0, 0.05) is 25.6 Å². The number of rotatable bonds is 6. The fraction of sp³-hybridized carbons (Fsp3) is 0.190. The molecule has 1 aliphatic heterocycles. The standard InChI is InChI=1S/C21H19N3O5S/c1-13-3-5-14(6-4-13)19-23-15(12-29-19)9-10-22-30(27,28)16-7-8-17-18(11-16)21(26)24(2)20(17)25/h3-8,11-12,22H,9-10H2,1-2H3. The minimum absolute atomic E-state index is 0.0711. The first kappa shape index (κ1) is 20.0. The second kappa shape index (κ2) is 7.51. The summed E-state index contributed by atoms with van der Waals surface area (Å²) in [5, 5.41) is 0. The number of hydrogen-bond donors (Lipinski definition) is 1. The van der Waals surface area contributed by atoms with Crippen LogP contribution in [0, 0.1) is 6.92 Å². The first-order chi connectivity index (χ1) is 14.3. The molecule has 9 heteroatoms. The lowest BCUT2D eigenvalue weighted by atomic mass is 10.1. The number of carbonyl (C=O) groups is 2. The molecular formula is C21H19N3O5S. The molecule has 30 heavy (non-hydrogen) atoms. The highest BCUT2D eigenvalue weighted by atomic mass is 32.2. The van der Waals surface area contributed by atoms with E-state index in [0.29, 0.717) is 18.0 Å². The van der Waals surface area contributed by atoms with E-state index in [1.807, 2.05) is 31.2 Å². The minimum atomic E-state index is -3.85. The Labute approximate surface area is 173 Å². The highest BCUT2D eigenvalue weighted by molar-refractivity contribution is 7.89. The van der Waals surface area contributed by atoms with Crippen LogP contribution in [0.5, 0.6) is 0 Å². The van der Waals surface area contributed by atoms with Gasteiger partial charge in [-0.1, -0.05) is 17.7 Å². The average Bonchev–Trinajstić information content (AvgIpc) is 3.28. The first-order valence-electron chi connectivity index (χ1n) is 9.24. The van der Waals surface area contributed by atoms with Crippen LogP contribution < -0.4 is 4.72 Å². The van der Waals surface area contributed by atoms with Crippen LogP contribution in [0.25, 0.3) is 11.5 Å². The number of nitrogens with zero attached hydrogens (tertiary/aromatic N) is 2. The van der Waals surface area contributed by atoms with Crippen LogP contribution in [0.3, 0.4) is 0 Å². The van der Waals surface area contributed by atoms with Crippen molar-refractivity contribution >= 4 is 21.8 Å². The van der Waals surface area contributed by atoms with Crippen molar-refractivity contribution in [2.75, 3.05) is 13.6 Å². The van der Waals surface area contributed by atoms with E-state index in [9.17, 15) is 18.0 Å². The van der Waals surface area contributed by atoms with Gasteiger partial charge in [0.05, 0.1) is 21.7 Å². The Hall–Kier alpha value is -3.30. The number of imide groups is 1. The summed E-state index contributed by atoms with van der Waals surface area (Å²) >= 11 is 0. The number of benzene rings is 2. The normalized spacial score (nSPS) is 13.7. The van der Waals surface area contributed by atoms with Gasteiger partial charge in [0.25, 0.3) is 11.8 Å². The Morgan fingerprint density at radius 3 is 2.47 bits per heavy atom. The van der Waals surface area contributed by atoms with E-state index in [2.05, 4.69) is 9.71 Å². The summed E-state index contributed by atoms with van der Waals surface area (Å²) in [7, 11) is -2.49. The number of nitrogens with one attached hydrogen (secondary N) is 1. The summed E-state index contributed by atoms with van der Waals surface area (Å²) in [5.74, 6) is -0.487. The highest BCUT2D eigenvalue weighted by Crippen LogP contribution is 2.24. The van der Waals surface area contributed by atoms with Crippen molar-refractivity contribution in [3.63, 3.8) is 0 Å². The number of sulfonamides is 1. The number of aryl methyl sites for hydroxylation is 1. The van der Waals surface area contributed by atoms with E-state index >= 15 is 0 Å². The second-order valence-electron chi connectivity index (χ2n) is 7.03. The fourth-order valence-electron chi connectivity index (χ4n) is 3.15. The molecule has 1 aliphatic rings.